The Morgan fingerprint density at radius 2 is 2.11 bits per heavy atom. The van der Waals surface area contributed by atoms with Gasteiger partial charge in [-0.2, -0.15) is 0 Å². The number of nitrogens with zero attached hydrogens (tertiary/aromatic N) is 4. The summed E-state index contributed by atoms with van der Waals surface area (Å²) in [4.78, 5) is 22.5. The van der Waals surface area contributed by atoms with Crippen molar-refractivity contribution in [1.82, 2.24) is 24.3 Å². The SMILES string of the molecule is COc1ccc([C@H](NC(=O)Cc2cn3ccsc3n2)c2nccn2C)cc1. The van der Waals surface area contributed by atoms with Gasteiger partial charge in [0.1, 0.15) is 17.6 Å². The van der Waals surface area contributed by atoms with Crippen molar-refractivity contribution in [2.24, 2.45) is 7.05 Å². The van der Waals surface area contributed by atoms with E-state index in [4.69, 9.17) is 4.74 Å². The highest BCUT2D eigenvalue weighted by molar-refractivity contribution is 7.15. The van der Waals surface area contributed by atoms with Gasteiger partial charge in [-0.05, 0) is 17.7 Å². The zero-order chi connectivity index (χ0) is 18.8. The summed E-state index contributed by atoms with van der Waals surface area (Å²) in [7, 11) is 3.54. The van der Waals surface area contributed by atoms with Crippen LogP contribution in [0.5, 0.6) is 5.75 Å². The van der Waals surface area contributed by atoms with E-state index in [0.29, 0.717) is 0 Å². The second-order valence-electron chi connectivity index (χ2n) is 6.17. The first-order valence-corrected chi connectivity index (χ1v) is 9.33. The van der Waals surface area contributed by atoms with E-state index >= 15 is 0 Å². The molecule has 3 aromatic heterocycles. The minimum Gasteiger partial charge on any atom is -0.497 e. The Hall–Kier alpha value is -3.13. The molecular formula is C19H19N5O2S. The van der Waals surface area contributed by atoms with Crippen molar-refractivity contribution < 1.29 is 9.53 Å². The van der Waals surface area contributed by atoms with Gasteiger partial charge in [0.15, 0.2) is 4.96 Å². The van der Waals surface area contributed by atoms with Crippen molar-refractivity contribution in [3.8, 4) is 5.75 Å². The molecular weight excluding hydrogens is 362 g/mol. The maximum Gasteiger partial charge on any atom is 0.226 e. The molecule has 0 aliphatic carbocycles. The molecule has 138 valence electrons. The van der Waals surface area contributed by atoms with Gasteiger partial charge in [-0.25, -0.2) is 9.97 Å². The molecule has 7 nitrogen and oxygen atoms in total. The van der Waals surface area contributed by atoms with Crippen LogP contribution < -0.4 is 10.1 Å². The first-order chi connectivity index (χ1) is 13.1. The first kappa shape index (κ1) is 17.3. The fourth-order valence-corrected chi connectivity index (χ4v) is 3.71. The molecule has 4 aromatic rings. The normalized spacial score (nSPS) is 12.2. The summed E-state index contributed by atoms with van der Waals surface area (Å²) < 4.78 is 9.05. The summed E-state index contributed by atoms with van der Waals surface area (Å²) in [5.41, 5.74) is 1.68. The van der Waals surface area contributed by atoms with E-state index in [0.717, 1.165) is 27.8 Å². The number of benzene rings is 1. The van der Waals surface area contributed by atoms with Gasteiger partial charge in [-0.15, -0.1) is 11.3 Å². The molecule has 0 fully saturated rings. The Morgan fingerprint density at radius 1 is 1.30 bits per heavy atom. The molecule has 0 spiro atoms. The summed E-state index contributed by atoms with van der Waals surface area (Å²) in [6, 6.07) is 7.27. The van der Waals surface area contributed by atoms with Crippen LogP contribution in [0.3, 0.4) is 0 Å². The summed E-state index contributed by atoms with van der Waals surface area (Å²) in [6.45, 7) is 0. The predicted octanol–water partition coefficient (Wildman–Crippen LogP) is 2.59. The number of hydrogen-bond acceptors (Lipinski definition) is 5. The number of carbonyl (C=O) groups is 1. The fraction of sp³-hybridized carbons (Fsp3) is 0.211. The molecule has 0 aliphatic rings. The van der Waals surface area contributed by atoms with E-state index in [1.165, 1.54) is 0 Å². The predicted molar refractivity (Wildman–Crippen MR) is 103 cm³/mol. The zero-order valence-corrected chi connectivity index (χ0v) is 15.8. The average molecular weight is 381 g/mol. The van der Waals surface area contributed by atoms with E-state index in [9.17, 15) is 4.79 Å². The van der Waals surface area contributed by atoms with Gasteiger partial charge in [-0.3, -0.25) is 9.20 Å². The number of imidazole rings is 2. The van der Waals surface area contributed by atoms with Crippen LogP contribution in [0, 0.1) is 0 Å². The first-order valence-electron chi connectivity index (χ1n) is 8.45. The number of amides is 1. The Kier molecular flexibility index (Phi) is 4.64. The van der Waals surface area contributed by atoms with E-state index in [-0.39, 0.29) is 18.4 Å². The second-order valence-corrected chi connectivity index (χ2v) is 7.04. The highest BCUT2D eigenvalue weighted by Gasteiger charge is 2.21. The number of fused-ring (bicyclic) bond motifs is 1. The van der Waals surface area contributed by atoms with E-state index in [2.05, 4.69) is 15.3 Å². The summed E-state index contributed by atoms with van der Waals surface area (Å²) >= 11 is 1.54. The Morgan fingerprint density at radius 3 is 2.78 bits per heavy atom. The number of aryl methyl sites for hydroxylation is 1. The summed E-state index contributed by atoms with van der Waals surface area (Å²) in [6.07, 6.45) is 7.62. The molecule has 0 aliphatic heterocycles. The minimum atomic E-state index is -0.355. The van der Waals surface area contributed by atoms with Crippen LogP contribution in [-0.4, -0.2) is 32.0 Å². The van der Waals surface area contributed by atoms with Crippen molar-refractivity contribution in [3.63, 3.8) is 0 Å². The molecule has 27 heavy (non-hydrogen) atoms. The van der Waals surface area contributed by atoms with Crippen LogP contribution in [0.2, 0.25) is 0 Å². The number of thiazole rings is 1. The zero-order valence-electron chi connectivity index (χ0n) is 15.0. The maximum atomic E-state index is 12.7. The van der Waals surface area contributed by atoms with Gasteiger partial charge < -0.3 is 14.6 Å². The summed E-state index contributed by atoms with van der Waals surface area (Å²) in [5.74, 6) is 1.42. The van der Waals surface area contributed by atoms with Gasteiger partial charge in [0.2, 0.25) is 5.91 Å². The quantitative estimate of drug-likeness (QED) is 0.557. The number of rotatable bonds is 6. The number of nitrogens with one attached hydrogen (secondary N) is 1. The molecule has 1 N–H and O–H groups in total. The fourth-order valence-electron chi connectivity index (χ4n) is 2.99. The van der Waals surface area contributed by atoms with Crippen LogP contribution in [0.1, 0.15) is 23.1 Å². The van der Waals surface area contributed by atoms with Crippen molar-refractivity contribution in [1.29, 1.82) is 0 Å². The van der Waals surface area contributed by atoms with E-state index in [1.54, 1.807) is 24.6 Å². The molecule has 0 unspecified atom stereocenters. The number of hydrogen-bond donors (Lipinski definition) is 1. The number of ether oxygens (including phenoxy) is 1. The van der Waals surface area contributed by atoms with Crippen LogP contribution in [0.4, 0.5) is 0 Å². The molecule has 4 rings (SSSR count). The molecule has 3 heterocycles. The van der Waals surface area contributed by atoms with Gasteiger partial charge in [0, 0.05) is 37.2 Å². The lowest BCUT2D eigenvalue weighted by Crippen LogP contribution is -2.32. The minimum absolute atomic E-state index is 0.107. The third kappa shape index (κ3) is 3.56. The lowest BCUT2D eigenvalue weighted by molar-refractivity contribution is -0.121. The van der Waals surface area contributed by atoms with Crippen molar-refractivity contribution >= 4 is 22.2 Å². The highest BCUT2D eigenvalue weighted by Crippen LogP contribution is 2.23. The Bertz CT molecular complexity index is 1030. The number of carbonyl (C=O) groups excluding carboxylic acids is 1. The second kappa shape index (κ2) is 7.24. The van der Waals surface area contributed by atoms with Crippen LogP contribution in [-0.2, 0) is 18.3 Å². The third-order valence-corrected chi connectivity index (χ3v) is 5.13. The van der Waals surface area contributed by atoms with Gasteiger partial charge >= 0.3 is 0 Å². The molecule has 0 bridgehead atoms. The van der Waals surface area contributed by atoms with E-state index in [1.807, 2.05) is 64.3 Å². The van der Waals surface area contributed by atoms with Crippen LogP contribution in [0.15, 0.2) is 54.4 Å². The van der Waals surface area contributed by atoms with Crippen molar-refractivity contribution in [2.75, 3.05) is 7.11 Å². The standard InChI is InChI=1S/C19H19N5O2S/c1-23-8-7-20-18(23)17(13-3-5-15(26-2)6-4-13)22-16(25)11-14-12-24-9-10-27-19(24)21-14/h3-10,12,17H,11H2,1-2H3,(H,22,25)/t17-/m0/s1. The molecule has 1 aromatic carbocycles. The van der Waals surface area contributed by atoms with E-state index < -0.39 is 0 Å². The van der Waals surface area contributed by atoms with Crippen LogP contribution >= 0.6 is 11.3 Å². The van der Waals surface area contributed by atoms with Gasteiger partial charge in [0.05, 0.1) is 19.2 Å². The monoisotopic (exact) mass is 381 g/mol. The van der Waals surface area contributed by atoms with Crippen LogP contribution in [0.25, 0.3) is 4.96 Å². The highest BCUT2D eigenvalue weighted by atomic mass is 32.1. The molecule has 8 heteroatoms. The number of aromatic nitrogens is 4. The maximum absolute atomic E-state index is 12.7. The molecule has 1 atom stereocenters. The molecule has 0 saturated carbocycles. The third-order valence-electron chi connectivity index (χ3n) is 4.36. The summed E-state index contributed by atoms with van der Waals surface area (Å²) in [5, 5.41) is 5.06. The largest absolute Gasteiger partial charge is 0.497 e. The molecule has 0 radical (unpaired) electrons. The van der Waals surface area contributed by atoms with Crippen molar-refractivity contribution in [3.05, 3.63) is 71.5 Å². The smallest absolute Gasteiger partial charge is 0.226 e. The van der Waals surface area contributed by atoms with Gasteiger partial charge in [0.25, 0.3) is 0 Å². The number of methoxy groups -OCH3 is 1. The Labute approximate surface area is 160 Å². The lowest BCUT2D eigenvalue weighted by Gasteiger charge is -2.19. The Balaban J connectivity index is 1.57. The van der Waals surface area contributed by atoms with Gasteiger partial charge in [-0.1, -0.05) is 12.1 Å². The molecule has 1 amide bonds. The molecule has 0 saturated heterocycles. The van der Waals surface area contributed by atoms with Crippen molar-refractivity contribution in [2.45, 2.75) is 12.5 Å². The topological polar surface area (TPSA) is 73.4 Å². The average Bonchev–Trinajstić information content (AvgIpc) is 3.36. The lowest BCUT2D eigenvalue weighted by atomic mass is 10.1.